The van der Waals surface area contributed by atoms with Crippen LogP contribution in [-0.4, -0.2) is 15.7 Å². The van der Waals surface area contributed by atoms with Crippen molar-refractivity contribution in [2.75, 3.05) is 0 Å². The summed E-state index contributed by atoms with van der Waals surface area (Å²) in [5.41, 5.74) is 1.59. The molecular weight excluding hydrogens is 328 g/mol. The van der Waals surface area contributed by atoms with Crippen molar-refractivity contribution in [2.24, 2.45) is 0 Å². The van der Waals surface area contributed by atoms with E-state index in [9.17, 15) is 9.59 Å². The van der Waals surface area contributed by atoms with Crippen molar-refractivity contribution < 1.29 is 4.79 Å². The lowest BCUT2D eigenvalue weighted by molar-refractivity contribution is -0.121. The van der Waals surface area contributed by atoms with Gasteiger partial charge >= 0.3 is 0 Å². The van der Waals surface area contributed by atoms with Gasteiger partial charge in [-0.2, -0.15) is 10.4 Å². The molecule has 0 fully saturated rings. The summed E-state index contributed by atoms with van der Waals surface area (Å²) < 4.78 is 1.16. The molecule has 0 unspecified atom stereocenters. The summed E-state index contributed by atoms with van der Waals surface area (Å²) in [6.07, 6.45) is 0.0880. The van der Waals surface area contributed by atoms with E-state index in [0.717, 1.165) is 10.2 Å². The normalized spacial score (nSPS) is 10.2. The minimum atomic E-state index is -0.473. The molecule has 6 nitrogen and oxygen atoms in total. The summed E-state index contributed by atoms with van der Waals surface area (Å²) >= 11 is 6.03. The van der Waals surface area contributed by atoms with E-state index >= 15 is 0 Å². The molecule has 0 bridgehead atoms. The van der Waals surface area contributed by atoms with Gasteiger partial charge in [-0.25, -0.2) is 4.68 Å². The van der Waals surface area contributed by atoms with Crippen LogP contribution in [0.25, 0.3) is 0 Å². The first-order chi connectivity index (χ1) is 11.4. The zero-order chi connectivity index (χ0) is 17.7. The number of hydrogen-bond acceptors (Lipinski definition) is 4. The van der Waals surface area contributed by atoms with Gasteiger partial charge in [0, 0.05) is 18.0 Å². The second kappa shape index (κ2) is 7.75. The Balaban J connectivity index is 2.00. The molecule has 0 aliphatic rings. The van der Waals surface area contributed by atoms with Gasteiger partial charge in [0.2, 0.25) is 5.91 Å². The van der Waals surface area contributed by atoms with Crippen LogP contribution < -0.4 is 10.9 Å². The van der Waals surface area contributed by atoms with E-state index in [0.29, 0.717) is 22.8 Å². The van der Waals surface area contributed by atoms with Gasteiger partial charge in [-0.05, 0) is 31.0 Å². The molecule has 0 aliphatic carbocycles. The predicted molar refractivity (Wildman–Crippen MR) is 90.6 cm³/mol. The van der Waals surface area contributed by atoms with Crippen molar-refractivity contribution in [3.8, 4) is 6.07 Å². The summed E-state index contributed by atoms with van der Waals surface area (Å²) in [6, 6.07) is 9.14. The minimum absolute atomic E-state index is 0.0685. The first-order valence-electron chi connectivity index (χ1n) is 7.42. The van der Waals surface area contributed by atoms with E-state index in [1.165, 1.54) is 0 Å². The number of carbonyl (C=O) groups excluding carboxylic acids is 1. The molecule has 1 aromatic heterocycles. The van der Waals surface area contributed by atoms with Crippen LogP contribution in [0.1, 0.15) is 28.8 Å². The van der Waals surface area contributed by atoms with Gasteiger partial charge in [-0.1, -0.05) is 29.8 Å². The Bertz CT molecular complexity index is 868. The topological polar surface area (TPSA) is 87.8 Å². The van der Waals surface area contributed by atoms with E-state index in [2.05, 4.69) is 10.4 Å². The maximum Gasteiger partial charge on any atom is 0.284 e. The fourth-order valence-corrected chi connectivity index (χ4v) is 2.39. The van der Waals surface area contributed by atoms with Gasteiger partial charge in [0.15, 0.2) is 0 Å². The van der Waals surface area contributed by atoms with Gasteiger partial charge < -0.3 is 5.32 Å². The lowest BCUT2D eigenvalue weighted by Crippen LogP contribution is -2.31. The van der Waals surface area contributed by atoms with Gasteiger partial charge in [-0.15, -0.1) is 0 Å². The number of nitrogens with one attached hydrogen (secondary N) is 1. The Hall–Kier alpha value is -2.65. The first-order valence-corrected chi connectivity index (χ1v) is 7.80. The van der Waals surface area contributed by atoms with Gasteiger partial charge in [-0.3, -0.25) is 9.59 Å². The molecule has 0 atom stereocenters. The monoisotopic (exact) mass is 344 g/mol. The second-order valence-electron chi connectivity index (χ2n) is 5.34. The third-order valence-corrected chi connectivity index (χ3v) is 4.10. The number of halogens is 1. The van der Waals surface area contributed by atoms with Crippen molar-refractivity contribution in [3.63, 3.8) is 0 Å². The van der Waals surface area contributed by atoms with Crippen molar-refractivity contribution in [1.29, 1.82) is 5.26 Å². The van der Waals surface area contributed by atoms with Crippen LogP contribution in [0.4, 0.5) is 0 Å². The Labute approximate surface area is 144 Å². The molecular formula is C17H17ClN4O2. The minimum Gasteiger partial charge on any atom is -0.352 e. The average molecular weight is 345 g/mol. The van der Waals surface area contributed by atoms with Crippen LogP contribution in [-0.2, 0) is 17.9 Å². The Morgan fingerprint density at radius 2 is 2.08 bits per heavy atom. The maximum absolute atomic E-state index is 12.1. The SMILES string of the molecule is Cc1nn(CCC(=O)NCc2ccccc2Cl)c(=O)c(C#N)c1C. The lowest BCUT2D eigenvalue weighted by Gasteiger charge is -2.10. The lowest BCUT2D eigenvalue weighted by atomic mass is 10.1. The molecule has 1 amide bonds. The molecule has 0 spiro atoms. The number of aryl methyl sites for hydroxylation is 2. The number of rotatable bonds is 5. The average Bonchev–Trinajstić information content (AvgIpc) is 2.57. The number of nitriles is 1. The van der Waals surface area contributed by atoms with Crippen molar-refractivity contribution in [2.45, 2.75) is 33.4 Å². The molecule has 1 aromatic carbocycles. The predicted octanol–water partition coefficient (Wildman–Crippen LogP) is 2.09. The Kier molecular flexibility index (Phi) is 5.72. The van der Waals surface area contributed by atoms with E-state index in [-0.39, 0.29) is 24.4 Å². The van der Waals surface area contributed by atoms with E-state index in [1.54, 1.807) is 19.9 Å². The van der Waals surface area contributed by atoms with E-state index in [1.807, 2.05) is 24.3 Å². The van der Waals surface area contributed by atoms with Gasteiger partial charge in [0.1, 0.15) is 11.6 Å². The van der Waals surface area contributed by atoms with Crippen LogP contribution in [0.5, 0.6) is 0 Å². The summed E-state index contributed by atoms with van der Waals surface area (Å²) in [4.78, 5) is 24.1. The summed E-state index contributed by atoms with van der Waals surface area (Å²) in [5.74, 6) is -0.222. The highest BCUT2D eigenvalue weighted by Crippen LogP contribution is 2.14. The molecule has 7 heteroatoms. The fraction of sp³-hybridized carbons (Fsp3) is 0.294. The fourth-order valence-electron chi connectivity index (χ4n) is 2.19. The molecule has 1 heterocycles. The third kappa shape index (κ3) is 4.00. The zero-order valence-corrected chi connectivity index (χ0v) is 14.2. The molecule has 0 saturated carbocycles. The van der Waals surface area contributed by atoms with Crippen molar-refractivity contribution in [3.05, 3.63) is 62.0 Å². The van der Waals surface area contributed by atoms with Gasteiger partial charge in [0.25, 0.3) is 5.56 Å². The quantitative estimate of drug-likeness (QED) is 0.899. The highest BCUT2D eigenvalue weighted by atomic mass is 35.5. The summed E-state index contributed by atoms with van der Waals surface area (Å²) in [5, 5.41) is 16.6. The molecule has 2 rings (SSSR count). The number of benzene rings is 1. The summed E-state index contributed by atoms with van der Waals surface area (Å²) in [6.45, 7) is 3.84. The van der Waals surface area contributed by atoms with Crippen LogP contribution in [0.3, 0.4) is 0 Å². The number of nitrogens with zero attached hydrogens (tertiary/aromatic N) is 3. The molecule has 2 aromatic rings. The van der Waals surface area contributed by atoms with Crippen molar-refractivity contribution >= 4 is 17.5 Å². The van der Waals surface area contributed by atoms with Crippen LogP contribution in [0, 0.1) is 25.2 Å². The molecule has 0 radical (unpaired) electrons. The Morgan fingerprint density at radius 1 is 1.38 bits per heavy atom. The highest BCUT2D eigenvalue weighted by molar-refractivity contribution is 6.31. The molecule has 124 valence electrons. The van der Waals surface area contributed by atoms with Crippen LogP contribution in [0.2, 0.25) is 5.02 Å². The highest BCUT2D eigenvalue weighted by Gasteiger charge is 2.12. The number of amides is 1. The number of aromatic nitrogens is 2. The van der Waals surface area contributed by atoms with E-state index in [4.69, 9.17) is 16.9 Å². The first kappa shape index (κ1) is 17.7. The second-order valence-corrected chi connectivity index (χ2v) is 5.75. The van der Waals surface area contributed by atoms with Gasteiger partial charge in [0.05, 0.1) is 12.2 Å². The zero-order valence-electron chi connectivity index (χ0n) is 13.5. The smallest absolute Gasteiger partial charge is 0.284 e. The third-order valence-electron chi connectivity index (χ3n) is 3.73. The van der Waals surface area contributed by atoms with Crippen LogP contribution in [0.15, 0.2) is 29.1 Å². The Morgan fingerprint density at radius 3 is 2.75 bits per heavy atom. The number of carbonyl (C=O) groups is 1. The summed E-state index contributed by atoms with van der Waals surface area (Å²) in [7, 11) is 0. The number of hydrogen-bond donors (Lipinski definition) is 1. The molecule has 0 aliphatic heterocycles. The molecule has 24 heavy (non-hydrogen) atoms. The largest absolute Gasteiger partial charge is 0.352 e. The standard InChI is InChI=1S/C17H17ClN4O2/c1-11-12(2)21-22(17(24)14(11)9-19)8-7-16(23)20-10-13-5-3-4-6-15(13)18/h3-6H,7-8,10H2,1-2H3,(H,20,23). The van der Waals surface area contributed by atoms with E-state index < -0.39 is 5.56 Å². The van der Waals surface area contributed by atoms with Crippen LogP contribution >= 0.6 is 11.6 Å². The molecule has 1 N–H and O–H groups in total. The maximum atomic E-state index is 12.1. The van der Waals surface area contributed by atoms with Crippen molar-refractivity contribution in [1.82, 2.24) is 15.1 Å². The molecule has 0 saturated heterocycles.